The van der Waals surface area contributed by atoms with Crippen LogP contribution in [-0.4, -0.2) is 37.1 Å². The fourth-order valence-electron chi connectivity index (χ4n) is 1.36. The van der Waals surface area contributed by atoms with Gasteiger partial charge in [0.2, 0.25) is 5.91 Å². The van der Waals surface area contributed by atoms with E-state index in [0.717, 1.165) is 0 Å². The van der Waals surface area contributed by atoms with Crippen molar-refractivity contribution in [2.45, 2.75) is 46.2 Å². The average Bonchev–Trinajstić information content (AvgIpc) is 2.17. The number of likely N-dealkylation sites (N-methyl/N-ethyl adjacent to an activating group) is 1. The normalized spacial score (nSPS) is 14.0. The highest BCUT2D eigenvalue weighted by Crippen LogP contribution is 1.96. The van der Waals surface area contributed by atoms with Gasteiger partial charge in [-0.25, -0.2) is 0 Å². The van der Waals surface area contributed by atoms with Crippen LogP contribution in [0.25, 0.3) is 0 Å². The van der Waals surface area contributed by atoms with Crippen LogP contribution in [-0.2, 0) is 14.3 Å². The molecule has 0 aromatic rings. The number of ether oxygens (including phenoxy) is 1. The van der Waals surface area contributed by atoms with Gasteiger partial charge in [-0.05, 0) is 27.7 Å². The predicted octanol–water partition coefficient (Wildman–Crippen LogP) is 0.442. The van der Waals surface area contributed by atoms with Crippen molar-refractivity contribution in [1.29, 1.82) is 0 Å². The average molecular weight is 230 g/mol. The Bertz CT molecular complexity index is 231. The van der Waals surface area contributed by atoms with Gasteiger partial charge >= 0.3 is 5.97 Å². The van der Waals surface area contributed by atoms with E-state index in [0.29, 0.717) is 13.2 Å². The Labute approximate surface area is 96.9 Å². The molecule has 0 heterocycles. The second-order valence-corrected chi connectivity index (χ2v) is 3.69. The number of hydrogen-bond acceptors (Lipinski definition) is 4. The number of hydrogen-bond donors (Lipinski definition) is 2. The van der Waals surface area contributed by atoms with Gasteiger partial charge in [-0.15, -0.1) is 0 Å². The van der Waals surface area contributed by atoms with Crippen molar-refractivity contribution in [2.75, 3.05) is 13.2 Å². The van der Waals surface area contributed by atoms with E-state index >= 15 is 0 Å². The lowest BCUT2D eigenvalue weighted by atomic mass is 10.2. The molecule has 0 radical (unpaired) electrons. The van der Waals surface area contributed by atoms with Gasteiger partial charge < -0.3 is 15.4 Å². The Morgan fingerprint density at radius 3 is 2.38 bits per heavy atom. The first kappa shape index (κ1) is 14.9. The van der Waals surface area contributed by atoms with Crippen LogP contribution in [0.15, 0.2) is 0 Å². The highest BCUT2D eigenvalue weighted by atomic mass is 16.5. The molecule has 0 saturated heterocycles. The third kappa shape index (κ3) is 6.40. The van der Waals surface area contributed by atoms with E-state index in [9.17, 15) is 9.59 Å². The number of esters is 1. The van der Waals surface area contributed by atoms with Crippen LogP contribution in [0.5, 0.6) is 0 Å². The van der Waals surface area contributed by atoms with Crippen LogP contribution >= 0.6 is 0 Å². The molecule has 2 atom stereocenters. The highest BCUT2D eigenvalue weighted by molar-refractivity contribution is 5.81. The fourth-order valence-corrected chi connectivity index (χ4v) is 1.36. The summed E-state index contributed by atoms with van der Waals surface area (Å²) in [6.07, 6.45) is 0.275. The van der Waals surface area contributed by atoms with Gasteiger partial charge in [-0.1, -0.05) is 0 Å². The lowest BCUT2D eigenvalue weighted by Gasteiger charge is -2.18. The van der Waals surface area contributed by atoms with Gasteiger partial charge in [-0.3, -0.25) is 9.59 Å². The van der Waals surface area contributed by atoms with Crippen molar-refractivity contribution >= 4 is 11.9 Å². The molecule has 0 rings (SSSR count). The summed E-state index contributed by atoms with van der Waals surface area (Å²) in [5.41, 5.74) is 0. The van der Waals surface area contributed by atoms with Crippen molar-refractivity contribution in [3.05, 3.63) is 0 Å². The lowest BCUT2D eigenvalue weighted by molar-refractivity contribution is -0.143. The minimum atomic E-state index is -0.302. The van der Waals surface area contributed by atoms with E-state index in [-0.39, 0.29) is 30.4 Å². The van der Waals surface area contributed by atoms with Crippen molar-refractivity contribution in [3.8, 4) is 0 Å². The summed E-state index contributed by atoms with van der Waals surface area (Å²) >= 11 is 0. The van der Waals surface area contributed by atoms with Gasteiger partial charge in [0.1, 0.15) is 0 Å². The molecule has 0 aromatic heterocycles. The van der Waals surface area contributed by atoms with Gasteiger partial charge in [0, 0.05) is 12.6 Å². The second kappa shape index (κ2) is 8.10. The number of carbonyl (C=O) groups is 2. The molecule has 0 saturated carbocycles. The van der Waals surface area contributed by atoms with E-state index in [4.69, 9.17) is 4.74 Å². The van der Waals surface area contributed by atoms with Crippen LogP contribution in [0, 0.1) is 0 Å². The summed E-state index contributed by atoms with van der Waals surface area (Å²) in [7, 11) is 0. The van der Waals surface area contributed by atoms with E-state index in [1.54, 1.807) is 13.8 Å². The summed E-state index contributed by atoms with van der Waals surface area (Å²) in [6, 6.07) is -0.374. The highest BCUT2D eigenvalue weighted by Gasteiger charge is 2.16. The maximum atomic E-state index is 11.4. The smallest absolute Gasteiger partial charge is 0.307 e. The largest absolute Gasteiger partial charge is 0.466 e. The molecule has 2 unspecified atom stereocenters. The molecule has 0 aromatic carbocycles. The molecule has 1 amide bonds. The zero-order valence-corrected chi connectivity index (χ0v) is 10.5. The fraction of sp³-hybridized carbons (Fsp3) is 0.818. The second-order valence-electron chi connectivity index (χ2n) is 3.69. The number of carbonyl (C=O) groups excluding carboxylic acids is 2. The molecule has 94 valence electrons. The van der Waals surface area contributed by atoms with Crippen molar-refractivity contribution < 1.29 is 14.3 Å². The first-order valence-electron chi connectivity index (χ1n) is 5.70. The summed E-state index contributed by atoms with van der Waals surface area (Å²) in [5, 5.41) is 5.75. The molecule has 16 heavy (non-hydrogen) atoms. The van der Waals surface area contributed by atoms with Crippen LogP contribution in [0.2, 0.25) is 0 Å². The summed E-state index contributed by atoms with van der Waals surface area (Å²) < 4.78 is 4.82. The quantitative estimate of drug-likeness (QED) is 0.623. The molecule has 5 nitrogen and oxygen atoms in total. The van der Waals surface area contributed by atoms with Crippen LogP contribution in [0.3, 0.4) is 0 Å². The SMILES string of the molecule is CCNC(=O)C(C)NC(C)CC(=O)OCC. The molecule has 0 spiro atoms. The Balaban J connectivity index is 3.90. The van der Waals surface area contributed by atoms with Crippen molar-refractivity contribution in [1.82, 2.24) is 10.6 Å². The zero-order chi connectivity index (χ0) is 12.6. The number of nitrogens with one attached hydrogen (secondary N) is 2. The molecule has 2 N–H and O–H groups in total. The minimum absolute atomic E-state index is 0.0572. The summed E-state index contributed by atoms with van der Waals surface area (Å²) in [4.78, 5) is 22.6. The van der Waals surface area contributed by atoms with Gasteiger partial charge in [-0.2, -0.15) is 0 Å². The third-order valence-electron chi connectivity index (χ3n) is 2.06. The van der Waals surface area contributed by atoms with Gasteiger partial charge in [0.05, 0.1) is 19.1 Å². The lowest BCUT2D eigenvalue weighted by Crippen LogP contribution is -2.46. The molecular formula is C11H22N2O3. The predicted molar refractivity (Wildman–Crippen MR) is 62.0 cm³/mol. The molecule has 0 fully saturated rings. The monoisotopic (exact) mass is 230 g/mol. The standard InChI is InChI=1S/C11H22N2O3/c1-5-12-11(15)9(4)13-8(3)7-10(14)16-6-2/h8-9,13H,5-7H2,1-4H3,(H,12,15). The molecule has 0 aliphatic heterocycles. The number of amides is 1. The Morgan fingerprint density at radius 2 is 1.88 bits per heavy atom. The van der Waals surface area contributed by atoms with Gasteiger partial charge in [0.15, 0.2) is 0 Å². The maximum Gasteiger partial charge on any atom is 0.307 e. The van der Waals surface area contributed by atoms with Crippen molar-refractivity contribution in [3.63, 3.8) is 0 Å². The Kier molecular flexibility index (Phi) is 7.54. The number of rotatable bonds is 7. The van der Waals surface area contributed by atoms with Gasteiger partial charge in [0.25, 0.3) is 0 Å². The van der Waals surface area contributed by atoms with E-state index in [2.05, 4.69) is 10.6 Å². The maximum absolute atomic E-state index is 11.4. The Hall–Kier alpha value is -1.10. The molecule has 0 bridgehead atoms. The summed E-state index contributed by atoms with van der Waals surface area (Å²) in [5.74, 6) is -0.302. The minimum Gasteiger partial charge on any atom is -0.466 e. The molecule has 0 aliphatic rings. The van der Waals surface area contributed by atoms with E-state index in [1.807, 2.05) is 13.8 Å². The van der Waals surface area contributed by atoms with E-state index in [1.165, 1.54) is 0 Å². The molecule has 0 aliphatic carbocycles. The summed E-state index contributed by atoms with van der Waals surface area (Å²) in [6.45, 7) is 8.26. The molecular weight excluding hydrogens is 208 g/mol. The van der Waals surface area contributed by atoms with Crippen molar-refractivity contribution in [2.24, 2.45) is 0 Å². The topological polar surface area (TPSA) is 67.4 Å². The first-order valence-corrected chi connectivity index (χ1v) is 5.70. The van der Waals surface area contributed by atoms with E-state index < -0.39 is 0 Å². The third-order valence-corrected chi connectivity index (χ3v) is 2.06. The Morgan fingerprint density at radius 1 is 1.25 bits per heavy atom. The first-order chi connectivity index (χ1) is 7.51. The van der Waals surface area contributed by atoms with Crippen LogP contribution in [0.1, 0.15) is 34.1 Å². The molecule has 5 heteroatoms. The van der Waals surface area contributed by atoms with Crippen LogP contribution < -0.4 is 10.6 Å². The van der Waals surface area contributed by atoms with Crippen LogP contribution in [0.4, 0.5) is 0 Å². The zero-order valence-electron chi connectivity index (χ0n) is 10.5.